The molecule has 3 heterocycles. The first-order chi connectivity index (χ1) is 12.1. The van der Waals surface area contributed by atoms with Crippen LogP contribution in [0.5, 0.6) is 0 Å². The molecule has 7 nitrogen and oxygen atoms in total. The minimum absolute atomic E-state index is 0.702. The van der Waals surface area contributed by atoms with Gasteiger partial charge in [-0.05, 0) is 19.1 Å². The molecule has 1 N–H and O–H groups in total. The SMILES string of the molecule is Cc1nn(C)c(N2CCOCC2)c1CNc1nn(C)c2ccccc12. The van der Waals surface area contributed by atoms with Crippen molar-refractivity contribution in [1.82, 2.24) is 19.6 Å². The van der Waals surface area contributed by atoms with Gasteiger partial charge in [0, 0.05) is 44.7 Å². The van der Waals surface area contributed by atoms with Crippen LogP contribution in [0.15, 0.2) is 24.3 Å². The van der Waals surface area contributed by atoms with E-state index in [4.69, 9.17) is 4.74 Å². The van der Waals surface area contributed by atoms with Crippen LogP contribution in [0.1, 0.15) is 11.3 Å². The van der Waals surface area contributed by atoms with Gasteiger partial charge in [-0.3, -0.25) is 9.36 Å². The molecular formula is C18H24N6O. The average Bonchev–Trinajstić information content (AvgIpc) is 3.10. The monoisotopic (exact) mass is 340 g/mol. The molecule has 0 bridgehead atoms. The molecule has 3 aromatic rings. The van der Waals surface area contributed by atoms with Crippen LogP contribution in [0.4, 0.5) is 11.6 Å². The van der Waals surface area contributed by atoms with Gasteiger partial charge in [0.1, 0.15) is 5.82 Å². The Balaban J connectivity index is 1.62. The Labute approximate surface area is 147 Å². The van der Waals surface area contributed by atoms with E-state index in [-0.39, 0.29) is 0 Å². The molecule has 2 aromatic heterocycles. The highest BCUT2D eigenvalue weighted by molar-refractivity contribution is 5.90. The summed E-state index contributed by atoms with van der Waals surface area (Å²) in [6.45, 7) is 6.10. The van der Waals surface area contributed by atoms with Crippen molar-refractivity contribution in [2.75, 3.05) is 36.5 Å². The zero-order chi connectivity index (χ0) is 17.4. The quantitative estimate of drug-likeness (QED) is 0.788. The van der Waals surface area contributed by atoms with Crippen molar-refractivity contribution in [1.29, 1.82) is 0 Å². The highest BCUT2D eigenvalue weighted by atomic mass is 16.5. The van der Waals surface area contributed by atoms with E-state index in [1.54, 1.807) is 0 Å². The summed E-state index contributed by atoms with van der Waals surface area (Å²) < 4.78 is 9.38. The number of fused-ring (bicyclic) bond motifs is 1. The van der Waals surface area contributed by atoms with Crippen LogP contribution in [-0.2, 0) is 25.4 Å². The lowest BCUT2D eigenvalue weighted by atomic mass is 10.2. The van der Waals surface area contributed by atoms with Gasteiger partial charge in [-0.15, -0.1) is 0 Å². The summed E-state index contributed by atoms with van der Waals surface area (Å²) in [7, 11) is 3.99. The molecule has 0 saturated carbocycles. The third-order valence-corrected chi connectivity index (χ3v) is 4.81. The fourth-order valence-corrected chi connectivity index (χ4v) is 3.58. The zero-order valence-electron chi connectivity index (χ0n) is 15.0. The van der Waals surface area contributed by atoms with Gasteiger partial charge in [-0.2, -0.15) is 10.2 Å². The first-order valence-electron chi connectivity index (χ1n) is 8.66. The molecule has 1 aromatic carbocycles. The van der Waals surface area contributed by atoms with E-state index in [9.17, 15) is 0 Å². The van der Waals surface area contributed by atoms with Crippen molar-refractivity contribution in [3.05, 3.63) is 35.5 Å². The van der Waals surface area contributed by atoms with Crippen molar-refractivity contribution in [3.8, 4) is 0 Å². The minimum Gasteiger partial charge on any atom is -0.378 e. The predicted molar refractivity (Wildman–Crippen MR) is 99.0 cm³/mol. The van der Waals surface area contributed by atoms with E-state index in [1.165, 1.54) is 11.4 Å². The highest BCUT2D eigenvalue weighted by Crippen LogP contribution is 2.27. The summed E-state index contributed by atoms with van der Waals surface area (Å²) in [4.78, 5) is 2.36. The summed E-state index contributed by atoms with van der Waals surface area (Å²) in [6, 6.07) is 8.27. The summed E-state index contributed by atoms with van der Waals surface area (Å²) >= 11 is 0. The van der Waals surface area contributed by atoms with Crippen LogP contribution in [0, 0.1) is 6.92 Å². The van der Waals surface area contributed by atoms with E-state index in [0.29, 0.717) is 6.54 Å². The number of aromatic nitrogens is 4. The molecule has 7 heteroatoms. The molecule has 4 rings (SSSR count). The Hall–Kier alpha value is -2.54. The van der Waals surface area contributed by atoms with Crippen LogP contribution in [0.25, 0.3) is 10.9 Å². The van der Waals surface area contributed by atoms with Gasteiger partial charge in [0.2, 0.25) is 0 Å². The molecule has 132 valence electrons. The lowest BCUT2D eigenvalue weighted by Crippen LogP contribution is -2.38. The molecule has 0 atom stereocenters. The largest absolute Gasteiger partial charge is 0.378 e. The van der Waals surface area contributed by atoms with Gasteiger partial charge in [0.25, 0.3) is 0 Å². The molecule has 1 fully saturated rings. The molecule has 0 spiro atoms. The summed E-state index contributed by atoms with van der Waals surface area (Å²) in [5, 5.41) is 13.9. The summed E-state index contributed by atoms with van der Waals surface area (Å²) in [6.07, 6.45) is 0. The van der Waals surface area contributed by atoms with Gasteiger partial charge in [-0.1, -0.05) is 12.1 Å². The predicted octanol–water partition coefficient (Wildman–Crippen LogP) is 2.06. The van der Waals surface area contributed by atoms with Crippen molar-refractivity contribution in [3.63, 3.8) is 0 Å². The second-order valence-corrected chi connectivity index (χ2v) is 6.45. The van der Waals surface area contributed by atoms with E-state index >= 15 is 0 Å². The van der Waals surface area contributed by atoms with E-state index in [2.05, 4.69) is 39.5 Å². The maximum absolute atomic E-state index is 5.49. The smallest absolute Gasteiger partial charge is 0.156 e. The molecule has 1 aliphatic rings. The Morgan fingerprint density at radius 2 is 1.84 bits per heavy atom. The fraction of sp³-hybridized carbons (Fsp3) is 0.444. The molecule has 0 aliphatic carbocycles. The van der Waals surface area contributed by atoms with Crippen LogP contribution >= 0.6 is 0 Å². The second kappa shape index (κ2) is 6.40. The second-order valence-electron chi connectivity index (χ2n) is 6.45. The van der Waals surface area contributed by atoms with Gasteiger partial charge in [0.15, 0.2) is 5.82 Å². The maximum Gasteiger partial charge on any atom is 0.156 e. The topological polar surface area (TPSA) is 60.1 Å². The lowest BCUT2D eigenvalue weighted by Gasteiger charge is -2.29. The third-order valence-electron chi connectivity index (χ3n) is 4.81. The minimum atomic E-state index is 0.702. The number of morpholine rings is 1. The standard InChI is InChI=1S/C18H24N6O/c1-13-15(18(23(3)20-13)24-8-10-25-11-9-24)12-19-17-14-6-4-5-7-16(14)22(2)21-17/h4-7H,8-12H2,1-3H3,(H,19,21). The van der Waals surface area contributed by atoms with Gasteiger partial charge in [-0.25, -0.2) is 0 Å². The Morgan fingerprint density at radius 1 is 1.08 bits per heavy atom. The van der Waals surface area contributed by atoms with Crippen molar-refractivity contribution in [2.24, 2.45) is 14.1 Å². The summed E-state index contributed by atoms with van der Waals surface area (Å²) in [5.41, 5.74) is 3.40. The number of rotatable bonds is 4. The number of para-hydroxylation sites is 1. The number of nitrogens with one attached hydrogen (secondary N) is 1. The lowest BCUT2D eigenvalue weighted by molar-refractivity contribution is 0.122. The zero-order valence-corrected chi connectivity index (χ0v) is 15.0. The Morgan fingerprint density at radius 3 is 2.64 bits per heavy atom. The molecule has 1 saturated heterocycles. The highest BCUT2D eigenvalue weighted by Gasteiger charge is 2.21. The number of aryl methyl sites for hydroxylation is 3. The van der Waals surface area contributed by atoms with Crippen molar-refractivity contribution >= 4 is 22.5 Å². The first-order valence-corrected chi connectivity index (χ1v) is 8.66. The third kappa shape index (κ3) is 2.84. The number of anilines is 2. The van der Waals surface area contributed by atoms with E-state index < -0.39 is 0 Å². The molecular weight excluding hydrogens is 316 g/mol. The van der Waals surface area contributed by atoms with Gasteiger partial charge >= 0.3 is 0 Å². The molecule has 0 radical (unpaired) electrons. The van der Waals surface area contributed by atoms with Crippen LogP contribution < -0.4 is 10.2 Å². The fourth-order valence-electron chi connectivity index (χ4n) is 3.58. The first kappa shape index (κ1) is 16.0. The Bertz CT molecular complexity index is 890. The van der Waals surface area contributed by atoms with Crippen LogP contribution in [-0.4, -0.2) is 45.9 Å². The number of hydrogen-bond acceptors (Lipinski definition) is 5. The Kier molecular flexibility index (Phi) is 4.09. The van der Waals surface area contributed by atoms with E-state index in [0.717, 1.165) is 48.7 Å². The van der Waals surface area contributed by atoms with Crippen LogP contribution in [0.3, 0.4) is 0 Å². The number of ether oxygens (including phenoxy) is 1. The maximum atomic E-state index is 5.49. The molecule has 0 unspecified atom stereocenters. The number of benzene rings is 1. The van der Waals surface area contributed by atoms with Crippen LogP contribution in [0.2, 0.25) is 0 Å². The number of nitrogens with zero attached hydrogens (tertiary/aromatic N) is 5. The summed E-state index contributed by atoms with van der Waals surface area (Å²) in [5.74, 6) is 2.09. The van der Waals surface area contributed by atoms with Crippen molar-refractivity contribution in [2.45, 2.75) is 13.5 Å². The van der Waals surface area contributed by atoms with Gasteiger partial charge in [0.05, 0.1) is 24.4 Å². The normalized spacial score (nSPS) is 15.1. The average molecular weight is 340 g/mol. The van der Waals surface area contributed by atoms with Gasteiger partial charge < -0.3 is 15.0 Å². The molecule has 0 amide bonds. The van der Waals surface area contributed by atoms with E-state index in [1.807, 2.05) is 35.6 Å². The number of hydrogen-bond donors (Lipinski definition) is 1. The molecule has 25 heavy (non-hydrogen) atoms. The molecule has 1 aliphatic heterocycles. The van der Waals surface area contributed by atoms with Crippen molar-refractivity contribution < 1.29 is 4.74 Å².